The number of carbonyl (C=O) groups excluding carboxylic acids is 2. The normalized spacial score (nSPS) is 19.5. The van der Waals surface area contributed by atoms with E-state index in [9.17, 15) is 9.59 Å². The second kappa shape index (κ2) is 5.66. The van der Waals surface area contributed by atoms with Crippen LogP contribution in [-0.4, -0.2) is 27.9 Å². The number of aryl methyl sites for hydroxylation is 1. The molecule has 1 aromatic rings. The van der Waals surface area contributed by atoms with Crippen LogP contribution >= 0.6 is 11.1 Å². The molecule has 20 heavy (non-hydrogen) atoms. The number of thiol groups is 1. The summed E-state index contributed by atoms with van der Waals surface area (Å²) < 4.78 is 7.05. The molecule has 0 saturated carbocycles. The van der Waals surface area contributed by atoms with Gasteiger partial charge in [0, 0.05) is 22.4 Å². The maximum absolute atomic E-state index is 11.7. The molecular formula is C14H18N2O3S. The molecule has 0 saturated heterocycles. The summed E-state index contributed by atoms with van der Waals surface area (Å²) in [6.45, 7) is 7.85. The molecule has 6 heteroatoms. The maximum atomic E-state index is 11.7. The number of aromatic nitrogens is 1. The predicted molar refractivity (Wildman–Crippen MR) is 81.5 cm³/mol. The van der Waals surface area contributed by atoms with Crippen molar-refractivity contribution in [1.82, 2.24) is 3.97 Å². The molecule has 1 atom stereocenters. The van der Waals surface area contributed by atoms with E-state index in [0.717, 1.165) is 22.7 Å². The standard InChI is InChI=1S/C14H18N2O3S/c1-5-19-14(18)13-8-20(11(4)15-13)16-9(2)6-12(7-17)10(16)3/h6-8,20H,5H2,1-4H3. The number of rotatable bonds is 4. The number of esters is 1. The highest BCUT2D eigenvalue weighted by atomic mass is 32.2. The summed E-state index contributed by atoms with van der Waals surface area (Å²) in [7, 11) is 0. The monoisotopic (exact) mass is 294 g/mol. The molecular weight excluding hydrogens is 276 g/mol. The third kappa shape index (κ3) is 2.43. The minimum atomic E-state index is -0.866. The van der Waals surface area contributed by atoms with Crippen LogP contribution in [0.3, 0.4) is 0 Å². The van der Waals surface area contributed by atoms with Crippen LogP contribution in [0.5, 0.6) is 0 Å². The van der Waals surface area contributed by atoms with E-state index in [2.05, 4.69) is 8.96 Å². The Morgan fingerprint density at radius 2 is 2.15 bits per heavy atom. The van der Waals surface area contributed by atoms with Gasteiger partial charge in [0.15, 0.2) is 12.0 Å². The second-order valence-electron chi connectivity index (χ2n) is 4.49. The van der Waals surface area contributed by atoms with Gasteiger partial charge in [-0.25, -0.2) is 9.79 Å². The van der Waals surface area contributed by atoms with Crippen LogP contribution < -0.4 is 0 Å². The molecule has 5 nitrogen and oxygen atoms in total. The van der Waals surface area contributed by atoms with Crippen LogP contribution in [0.15, 0.2) is 22.2 Å². The van der Waals surface area contributed by atoms with Crippen molar-refractivity contribution in [2.75, 3.05) is 6.61 Å². The van der Waals surface area contributed by atoms with Crippen LogP contribution in [-0.2, 0) is 9.53 Å². The molecule has 0 aliphatic carbocycles. The lowest BCUT2D eigenvalue weighted by Crippen LogP contribution is -2.04. The zero-order valence-electron chi connectivity index (χ0n) is 12.0. The minimum Gasteiger partial charge on any atom is -0.461 e. The first-order valence-electron chi connectivity index (χ1n) is 6.37. The van der Waals surface area contributed by atoms with Gasteiger partial charge in [-0.05, 0) is 33.8 Å². The Kier molecular flexibility index (Phi) is 4.13. The number of ether oxygens (including phenoxy) is 1. The van der Waals surface area contributed by atoms with Gasteiger partial charge in [0.2, 0.25) is 0 Å². The highest BCUT2D eigenvalue weighted by Gasteiger charge is 2.24. The predicted octanol–water partition coefficient (Wildman–Crippen LogP) is 2.52. The number of hydrogen-bond donors (Lipinski definition) is 1. The van der Waals surface area contributed by atoms with E-state index in [1.165, 1.54) is 0 Å². The van der Waals surface area contributed by atoms with Gasteiger partial charge in [0.1, 0.15) is 0 Å². The molecule has 1 unspecified atom stereocenters. The third-order valence-corrected chi connectivity index (χ3v) is 5.42. The fraction of sp³-hybridized carbons (Fsp3) is 0.357. The van der Waals surface area contributed by atoms with Crippen LogP contribution in [0.2, 0.25) is 0 Å². The lowest BCUT2D eigenvalue weighted by atomic mass is 10.3. The van der Waals surface area contributed by atoms with Gasteiger partial charge >= 0.3 is 5.97 Å². The third-order valence-electron chi connectivity index (χ3n) is 3.12. The van der Waals surface area contributed by atoms with Gasteiger partial charge in [-0.1, -0.05) is 0 Å². The molecule has 0 bridgehead atoms. The van der Waals surface area contributed by atoms with E-state index in [0.29, 0.717) is 17.9 Å². The summed E-state index contributed by atoms with van der Waals surface area (Å²) in [6.07, 6.45) is 0.854. The number of carbonyl (C=O) groups is 2. The Labute approximate surface area is 120 Å². The molecule has 1 aliphatic rings. The average Bonchev–Trinajstić information content (AvgIpc) is 2.90. The highest BCUT2D eigenvalue weighted by molar-refractivity contribution is 8.31. The Balaban J connectivity index is 2.40. The van der Waals surface area contributed by atoms with Crippen molar-refractivity contribution < 1.29 is 14.3 Å². The maximum Gasteiger partial charge on any atom is 0.357 e. The fourth-order valence-electron chi connectivity index (χ4n) is 2.20. The molecule has 0 aromatic carbocycles. The molecule has 0 radical (unpaired) electrons. The van der Waals surface area contributed by atoms with Crippen LogP contribution in [0.1, 0.15) is 35.6 Å². The largest absolute Gasteiger partial charge is 0.461 e. The number of hydrogen-bond acceptors (Lipinski definition) is 4. The Hall–Kier alpha value is -1.82. The van der Waals surface area contributed by atoms with Gasteiger partial charge in [-0.2, -0.15) is 0 Å². The molecule has 1 aromatic heterocycles. The van der Waals surface area contributed by atoms with E-state index in [-0.39, 0.29) is 0 Å². The van der Waals surface area contributed by atoms with Crippen molar-refractivity contribution in [3.8, 4) is 0 Å². The summed E-state index contributed by atoms with van der Waals surface area (Å²) in [5, 5.41) is 2.72. The molecule has 0 spiro atoms. The van der Waals surface area contributed by atoms with Gasteiger partial charge < -0.3 is 8.71 Å². The van der Waals surface area contributed by atoms with Crippen molar-refractivity contribution in [2.45, 2.75) is 27.7 Å². The van der Waals surface area contributed by atoms with E-state index < -0.39 is 17.1 Å². The molecule has 1 aliphatic heterocycles. The number of aliphatic imine (C=N–C) groups is 1. The summed E-state index contributed by atoms with van der Waals surface area (Å²) in [5.74, 6) is -0.394. The van der Waals surface area contributed by atoms with Crippen molar-refractivity contribution >= 4 is 28.4 Å². The number of nitrogens with zero attached hydrogens (tertiary/aromatic N) is 2. The minimum absolute atomic E-state index is 0.333. The van der Waals surface area contributed by atoms with Gasteiger partial charge in [-0.15, -0.1) is 11.1 Å². The van der Waals surface area contributed by atoms with Gasteiger partial charge in [-0.3, -0.25) is 4.79 Å². The SMILES string of the molecule is CCOC(=O)C1=C[SH](n2c(C)cc(C=O)c2C)C(C)=N1. The highest BCUT2D eigenvalue weighted by Crippen LogP contribution is 2.41. The zero-order valence-corrected chi connectivity index (χ0v) is 12.9. The van der Waals surface area contributed by atoms with Gasteiger partial charge in [0.05, 0.1) is 11.7 Å². The number of aldehydes is 1. The summed E-state index contributed by atoms with van der Waals surface area (Å²) in [6, 6.07) is 1.86. The van der Waals surface area contributed by atoms with E-state index in [1.54, 1.807) is 6.92 Å². The van der Waals surface area contributed by atoms with Crippen molar-refractivity contribution in [2.24, 2.45) is 4.99 Å². The Bertz CT molecular complexity index is 629. The Morgan fingerprint density at radius 1 is 1.45 bits per heavy atom. The van der Waals surface area contributed by atoms with E-state index in [4.69, 9.17) is 4.74 Å². The fourth-order valence-corrected chi connectivity index (χ4v) is 4.23. The smallest absolute Gasteiger partial charge is 0.357 e. The van der Waals surface area contributed by atoms with E-state index >= 15 is 0 Å². The molecule has 0 N–H and O–H groups in total. The second-order valence-corrected chi connectivity index (χ2v) is 6.49. The molecule has 2 heterocycles. The topological polar surface area (TPSA) is 60.7 Å². The summed E-state index contributed by atoms with van der Waals surface area (Å²) in [5.41, 5.74) is 2.93. The lowest BCUT2D eigenvalue weighted by Gasteiger charge is -2.20. The molecule has 0 fully saturated rings. The quantitative estimate of drug-likeness (QED) is 0.527. The summed E-state index contributed by atoms with van der Waals surface area (Å²) in [4.78, 5) is 27.1. The van der Waals surface area contributed by atoms with Gasteiger partial charge in [0.25, 0.3) is 0 Å². The van der Waals surface area contributed by atoms with Crippen molar-refractivity contribution in [1.29, 1.82) is 0 Å². The van der Waals surface area contributed by atoms with E-state index in [1.807, 2.05) is 32.2 Å². The Morgan fingerprint density at radius 3 is 2.70 bits per heavy atom. The molecule has 0 amide bonds. The summed E-state index contributed by atoms with van der Waals surface area (Å²) >= 11 is -0.866. The molecule has 2 rings (SSSR count). The first-order chi connectivity index (χ1) is 9.49. The van der Waals surface area contributed by atoms with Crippen molar-refractivity contribution in [3.63, 3.8) is 0 Å². The van der Waals surface area contributed by atoms with Crippen LogP contribution in [0.25, 0.3) is 0 Å². The van der Waals surface area contributed by atoms with Crippen LogP contribution in [0.4, 0.5) is 0 Å². The average molecular weight is 294 g/mol. The zero-order chi connectivity index (χ0) is 14.9. The first kappa shape index (κ1) is 14.6. The first-order valence-corrected chi connectivity index (χ1v) is 7.73. The van der Waals surface area contributed by atoms with Crippen molar-refractivity contribution in [3.05, 3.63) is 34.1 Å². The lowest BCUT2D eigenvalue weighted by molar-refractivity contribution is -0.138. The molecule has 108 valence electrons. The van der Waals surface area contributed by atoms with Crippen LogP contribution in [0, 0.1) is 13.8 Å².